The molecule has 28 heavy (non-hydrogen) atoms. The molecule has 0 radical (unpaired) electrons. The summed E-state index contributed by atoms with van der Waals surface area (Å²) in [5.74, 6) is -0.335. The molecule has 0 atom stereocenters. The van der Waals surface area contributed by atoms with E-state index in [0.29, 0.717) is 17.1 Å². The van der Waals surface area contributed by atoms with Crippen LogP contribution in [0.5, 0.6) is 0 Å². The summed E-state index contributed by atoms with van der Waals surface area (Å²) in [6.45, 7) is 0. The lowest BCUT2D eigenvalue weighted by Crippen LogP contribution is -2.34. The first kappa shape index (κ1) is 17.4. The number of rotatable bonds is 3. The van der Waals surface area contributed by atoms with E-state index in [1.54, 1.807) is 16.8 Å². The first-order valence-electron chi connectivity index (χ1n) is 10.1. The number of nitrogens with one attached hydrogen (secondary N) is 1. The molecule has 2 heterocycles. The molecule has 3 aromatic rings. The quantitative estimate of drug-likeness (QED) is 0.741. The van der Waals surface area contributed by atoms with E-state index in [1.165, 1.54) is 12.1 Å². The van der Waals surface area contributed by atoms with Gasteiger partial charge in [-0.1, -0.05) is 0 Å². The second kappa shape index (κ2) is 7.04. The third-order valence-electron chi connectivity index (χ3n) is 5.95. The minimum atomic E-state index is -0.335. The van der Waals surface area contributed by atoms with Crippen LogP contribution >= 0.6 is 0 Å². The van der Waals surface area contributed by atoms with E-state index in [1.807, 2.05) is 0 Å². The second-order valence-electron chi connectivity index (χ2n) is 7.89. The Bertz CT molecular complexity index is 1070. The first-order chi connectivity index (χ1) is 13.7. The number of benzene rings is 1. The third kappa shape index (κ3) is 3.30. The highest BCUT2D eigenvalue weighted by Gasteiger charge is 2.26. The van der Waals surface area contributed by atoms with Crippen molar-refractivity contribution in [2.24, 2.45) is 0 Å². The van der Waals surface area contributed by atoms with Crippen molar-refractivity contribution in [2.75, 3.05) is 5.32 Å². The van der Waals surface area contributed by atoms with Gasteiger partial charge in [0.05, 0.1) is 11.7 Å². The van der Waals surface area contributed by atoms with Crippen molar-refractivity contribution in [3.05, 3.63) is 51.7 Å². The molecule has 0 spiro atoms. The van der Waals surface area contributed by atoms with Crippen molar-refractivity contribution in [3.63, 3.8) is 0 Å². The van der Waals surface area contributed by atoms with Crippen LogP contribution in [0.2, 0.25) is 0 Å². The molecule has 5 rings (SSSR count). The van der Waals surface area contributed by atoms with Gasteiger partial charge < -0.3 is 9.73 Å². The molecular weight excluding hydrogens is 359 g/mol. The number of aromatic nitrogens is 3. The summed E-state index contributed by atoms with van der Waals surface area (Å²) in [4.78, 5) is 16.9. The molecule has 6 nitrogen and oxygen atoms in total. The van der Waals surface area contributed by atoms with Crippen LogP contribution in [-0.4, -0.2) is 20.8 Å². The van der Waals surface area contributed by atoms with Gasteiger partial charge in [-0.15, -0.1) is 0 Å². The largest absolute Gasteiger partial charge is 0.423 e. The second-order valence-corrected chi connectivity index (χ2v) is 7.89. The van der Waals surface area contributed by atoms with Gasteiger partial charge in [0.1, 0.15) is 11.3 Å². The van der Waals surface area contributed by atoms with Crippen LogP contribution in [0, 0.1) is 5.82 Å². The van der Waals surface area contributed by atoms with E-state index in [2.05, 4.69) is 10.3 Å². The summed E-state index contributed by atoms with van der Waals surface area (Å²) in [6, 6.07) is 6.93. The monoisotopic (exact) mass is 382 g/mol. The fourth-order valence-electron chi connectivity index (χ4n) is 4.44. The minimum Gasteiger partial charge on any atom is -0.423 e. The zero-order valence-electron chi connectivity index (χ0n) is 15.7. The number of hydrogen-bond acceptors (Lipinski definition) is 5. The zero-order valence-corrected chi connectivity index (χ0v) is 15.7. The molecule has 0 unspecified atom stereocenters. The number of hydrogen-bond donors (Lipinski definition) is 1. The van der Waals surface area contributed by atoms with E-state index >= 15 is 0 Å². The van der Waals surface area contributed by atoms with Crippen molar-refractivity contribution >= 4 is 17.1 Å². The predicted molar refractivity (Wildman–Crippen MR) is 104 cm³/mol. The number of anilines is 1. The Labute approximate surface area is 161 Å². The van der Waals surface area contributed by atoms with Gasteiger partial charge in [0, 0.05) is 18.2 Å². The van der Waals surface area contributed by atoms with Gasteiger partial charge in [-0.25, -0.2) is 9.07 Å². The fourth-order valence-corrected chi connectivity index (χ4v) is 4.44. The van der Waals surface area contributed by atoms with Crippen LogP contribution in [-0.2, 0) is 12.8 Å². The molecule has 2 aromatic heterocycles. The summed E-state index contributed by atoms with van der Waals surface area (Å²) in [7, 11) is 0. The molecule has 1 fully saturated rings. The molecular formula is C21H23FN4O2. The molecule has 2 aliphatic rings. The van der Waals surface area contributed by atoms with Crippen molar-refractivity contribution in [3.8, 4) is 0 Å². The van der Waals surface area contributed by atoms with Crippen LogP contribution in [0.3, 0.4) is 0 Å². The highest BCUT2D eigenvalue weighted by Crippen LogP contribution is 2.30. The van der Waals surface area contributed by atoms with Crippen LogP contribution < -0.4 is 10.9 Å². The van der Waals surface area contributed by atoms with Gasteiger partial charge in [0.15, 0.2) is 5.58 Å². The fraction of sp³-hybridized carbons (Fsp3) is 0.476. The molecule has 1 N–H and O–H groups in total. The predicted octanol–water partition coefficient (Wildman–Crippen LogP) is 4.00. The van der Waals surface area contributed by atoms with E-state index in [4.69, 9.17) is 9.52 Å². The number of nitrogens with zero attached hydrogens (tertiary/aromatic N) is 3. The Morgan fingerprint density at radius 3 is 2.79 bits per heavy atom. The molecule has 7 heteroatoms. The van der Waals surface area contributed by atoms with Crippen molar-refractivity contribution in [2.45, 2.75) is 63.5 Å². The molecule has 0 amide bonds. The first-order valence-corrected chi connectivity index (χ1v) is 10.1. The lowest BCUT2D eigenvalue weighted by molar-refractivity contribution is 0.298. The summed E-state index contributed by atoms with van der Waals surface area (Å²) >= 11 is 0. The molecule has 1 saturated carbocycles. The number of aryl methyl sites for hydroxylation is 2. The molecule has 1 aromatic carbocycles. The van der Waals surface area contributed by atoms with Gasteiger partial charge in [-0.05, 0) is 69.1 Å². The van der Waals surface area contributed by atoms with Crippen LogP contribution in [0.15, 0.2) is 33.5 Å². The Morgan fingerprint density at radius 2 is 1.93 bits per heavy atom. The normalized spacial score (nSPS) is 22.2. The average molecular weight is 382 g/mol. The van der Waals surface area contributed by atoms with Gasteiger partial charge in [0.25, 0.3) is 11.6 Å². The molecule has 0 aliphatic heterocycles. The molecule has 0 saturated heterocycles. The number of halogens is 1. The summed E-state index contributed by atoms with van der Waals surface area (Å²) in [5, 5.41) is 8.02. The maximum atomic E-state index is 13.3. The number of fused-ring (bicyclic) bond motifs is 2. The Kier molecular flexibility index (Phi) is 4.37. The van der Waals surface area contributed by atoms with Gasteiger partial charge in [-0.2, -0.15) is 10.1 Å². The highest BCUT2D eigenvalue weighted by atomic mass is 19.1. The molecule has 2 aliphatic carbocycles. The summed E-state index contributed by atoms with van der Waals surface area (Å²) in [5.41, 5.74) is 3.35. The van der Waals surface area contributed by atoms with Crippen molar-refractivity contribution < 1.29 is 8.81 Å². The molecule has 0 bridgehead atoms. The lowest BCUT2D eigenvalue weighted by Gasteiger charge is -2.29. The highest BCUT2D eigenvalue weighted by molar-refractivity contribution is 5.74. The Balaban J connectivity index is 1.26. The van der Waals surface area contributed by atoms with Gasteiger partial charge >= 0.3 is 0 Å². The standard InChI is InChI=1S/C21H23FN4O2/c22-14-5-10-18-19(12-14)28-21(24-18)23-15-6-8-16(9-7-15)26-20(27)11-13-3-1-2-4-17(13)25-26/h5,10-12,15-16H,1-4,6-9H2,(H,23,24). The Morgan fingerprint density at radius 1 is 1.11 bits per heavy atom. The van der Waals surface area contributed by atoms with E-state index < -0.39 is 0 Å². The maximum Gasteiger partial charge on any atom is 0.295 e. The third-order valence-corrected chi connectivity index (χ3v) is 5.95. The number of oxazole rings is 1. The Hall–Kier alpha value is -2.70. The van der Waals surface area contributed by atoms with E-state index in [9.17, 15) is 9.18 Å². The topological polar surface area (TPSA) is 73.0 Å². The van der Waals surface area contributed by atoms with Crippen LogP contribution in [0.25, 0.3) is 11.1 Å². The van der Waals surface area contributed by atoms with Gasteiger partial charge in [-0.3, -0.25) is 4.79 Å². The summed E-state index contributed by atoms with van der Waals surface area (Å²) in [6.07, 6.45) is 7.84. The van der Waals surface area contributed by atoms with Crippen molar-refractivity contribution in [1.29, 1.82) is 0 Å². The SMILES string of the molecule is O=c1cc2c(nn1C1CCC(Nc3nc4ccc(F)cc4o3)CC1)CCCC2. The zero-order chi connectivity index (χ0) is 19.1. The van der Waals surface area contributed by atoms with Gasteiger partial charge in [0.2, 0.25) is 0 Å². The summed E-state index contributed by atoms with van der Waals surface area (Å²) < 4.78 is 20.6. The van der Waals surface area contributed by atoms with Crippen molar-refractivity contribution in [1.82, 2.24) is 14.8 Å². The smallest absolute Gasteiger partial charge is 0.295 e. The van der Waals surface area contributed by atoms with Crippen LogP contribution in [0.1, 0.15) is 55.8 Å². The average Bonchev–Trinajstić information content (AvgIpc) is 3.09. The maximum absolute atomic E-state index is 13.3. The van der Waals surface area contributed by atoms with E-state index in [0.717, 1.165) is 62.6 Å². The molecule has 146 valence electrons. The lowest BCUT2D eigenvalue weighted by atomic mass is 9.91. The van der Waals surface area contributed by atoms with Crippen LogP contribution in [0.4, 0.5) is 10.4 Å². The minimum absolute atomic E-state index is 0.0260. The van der Waals surface area contributed by atoms with E-state index in [-0.39, 0.29) is 23.5 Å².